The lowest BCUT2D eigenvalue weighted by atomic mass is 10.2. The zero-order valence-corrected chi connectivity index (χ0v) is 8.61. The first-order valence-electron chi connectivity index (χ1n) is 4.18. The van der Waals surface area contributed by atoms with Crippen LogP contribution in [-0.2, 0) is 0 Å². The van der Waals surface area contributed by atoms with Gasteiger partial charge in [-0.05, 0) is 13.0 Å². The van der Waals surface area contributed by atoms with Crippen molar-refractivity contribution in [3.63, 3.8) is 0 Å². The molecule has 4 heteroatoms. The summed E-state index contributed by atoms with van der Waals surface area (Å²) >= 11 is 5.55. The number of benzene rings is 1. The minimum absolute atomic E-state index is 0.0258. The monoisotopic (exact) mass is 214 g/mol. The van der Waals surface area contributed by atoms with Crippen LogP contribution in [0.4, 0.5) is 15.8 Å². The number of halogens is 2. The van der Waals surface area contributed by atoms with E-state index in [1.54, 1.807) is 6.08 Å². The highest BCUT2D eigenvalue weighted by atomic mass is 35.5. The van der Waals surface area contributed by atoms with E-state index >= 15 is 0 Å². The smallest absolute Gasteiger partial charge is 0.143 e. The Hall–Kier alpha value is -1.22. The first-order valence-corrected chi connectivity index (χ1v) is 4.56. The van der Waals surface area contributed by atoms with E-state index in [0.29, 0.717) is 11.4 Å². The molecule has 14 heavy (non-hydrogen) atoms. The van der Waals surface area contributed by atoms with Crippen molar-refractivity contribution in [1.82, 2.24) is 0 Å². The van der Waals surface area contributed by atoms with Gasteiger partial charge in [0, 0.05) is 12.1 Å². The molecular formula is C10H12ClFN2. The van der Waals surface area contributed by atoms with E-state index in [9.17, 15) is 4.39 Å². The molecule has 1 aromatic rings. The summed E-state index contributed by atoms with van der Waals surface area (Å²) < 4.78 is 13.1. The second-order valence-electron chi connectivity index (χ2n) is 3.02. The van der Waals surface area contributed by atoms with Crippen LogP contribution in [0.15, 0.2) is 24.8 Å². The van der Waals surface area contributed by atoms with Crippen LogP contribution < -0.4 is 11.1 Å². The molecule has 1 atom stereocenters. The van der Waals surface area contributed by atoms with Crippen LogP contribution in [-0.4, -0.2) is 6.04 Å². The number of rotatable bonds is 3. The van der Waals surface area contributed by atoms with Gasteiger partial charge in [-0.15, -0.1) is 6.58 Å². The van der Waals surface area contributed by atoms with E-state index in [4.69, 9.17) is 17.3 Å². The first-order chi connectivity index (χ1) is 6.54. The molecule has 0 spiro atoms. The summed E-state index contributed by atoms with van der Waals surface area (Å²) in [7, 11) is 0. The summed E-state index contributed by atoms with van der Waals surface area (Å²) in [5.41, 5.74) is 6.59. The lowest BCUT2D eigenvalue weighted by molar-refractivity contribution is 0.628. The maximum Gasteiger partial charge on any atom is 0.143 e. The maximum absolute atomic E-state index is 13.1. The highest BCUT2D eigenvalue weighted by Crippen LogP contribution is 2.26. The van der Waals surface area contributed by atoms with Crippen molar-refractivity contribution in [3.8, 4) is 0 Å². The van der Waals surface area contributed by atoms with Gasteiger partial charge in [0.05, 0.1) is 16.4 Å². The number of nitrogen functional groups attached to an aromatic ring is 1. The number of hydrogen-bond acceptors (Lipinski definition) is 2. The van der Waals surface area contributed by atoms with Gasteiger partial charge in [0.2, 0.25) is 0 Å². The zero-order chi connectivity index (χ0) is 10.7. The van der Waals surface area contributed by atoms with Crippen LogP contribution in [0.1, 0.15) is 6.92 Å². The molecule has 0 fully saturated rings. The Kier molecular flexibility index (Phi) is 3.36. The van der Waals surface area contributed by atoms with Gasteiger partial charge >= 0.3 is 0 Å². The van der Waals surface area contributed by atoms with Crippen molar-refractivity contribution in [2.24, 2.45) is 0 Å². The predicted molar refractivity (Wildman–Crippen MR) is 59.1 cm³/mol. The summed E-state index contributed by atoms with van der Waals surface area (Å²) in [4.78, 5) is 0. The first kappa shape index (κ1) is 10.9. The number of hydrogen-bond donors (Lipinski definition) is 2. The average Bonchev–Trinajstić information content (AvgIpc) is 2.14. The van der Waals surface area contributed by atoms with Crippen LogP contribution in [0.2, 0.25) is 5.02 Å². The van der Waals surface area contributed by atoms with Crippen molar-refractivity contribution < 1.29 is 4.39 Å². The molecule has 1 rings (SSSR count). The Balaban J connectivity index is 2.97. The highest BCUT2D eigenvalue weighted by Gasteiger charge is 2.07. The predicted octanol–water partition coefficient (Wildman–Crippen LogP) is 3.05. The Morgan fingerprint density at radius 2 is 2.29 bits per heavy atom. The summed E-state index contributed by atoms with van der Waals surface area (Å²) in [6.07, 6.45) is 1.70. The highest BCUT2D eigenvalue weighted by molar-refractivity contribution is 6.31. The molecule has 76 valence electrons. The van der Waals surface area contributed by atoms with Crippen molar-refractivity contribution in [2.45, 2.75) is 13.0 Å². The van der Waals surface area contributed by atoms with Gasteiger partial charge in [-0.25, -0.2) is 4.39 Å². The zero-order valence-electron chi connectivity index (χ0n) is 7.85. The molecule has 0 aliphatic carbocycles. The third-order valence-electron chi connectivity index (χ3n) is 1.83. The second-order valence-corrected chi connectivity index (χ2v) is 3.43. The van der Waals surface area contributed by atoms with Gasteiger partial charge in [-0.3, -0.25) is 0 Å². The SMILES string of the molecule is C=CC(C)Nc1cc(F)c(Cl)cc1N. The molecular weight excluding hydrogens is 203 g/mol. The molecule has 0 saturated heterocycles. The molecule has 0 aromatic heterocycles. The van der Waals surface area contributed by atoms with Gasteiger partial charge < -0.3 is 11.1 Å². The van der Waals surface area contributed by atoms with Gasteiger partial charge in [-0.2, -0.15) is 0 Å². The minimum atomic E-state index is -0.486. The third-order valence-corrected chi connectivity index (χ3v) is 2.12. The van der Waals surface area contributed by atoms with E-state index in [2.05, 4.69) is 11.9 Å². The van der Waals surface area contributed by atoms with Crippen molar-refractivity contribution in [3.05, 3.63) is 35.6 Å². The lowest BCUT2D eigenvalue weighted by Crippen LogP contribution is -2.12. The molecule has 0 amide bonds. The van der Waals surface area contributed by atoms with Crippen LogP contribution in [0, 0.1) is 5.82 Å². The van der Waals surface area contributed by atoms with Gasteiger partial charge in [0.15, 0.2) is 0 Å². The Labute approximate surface area is 87.6 Å². The largest absolute Gasteiger partial charge is 0.397 e. The summed E-state index contributed by atoms with van der Waals surface area (Å²) in [6.45, 7) is 5.49. The molecule has 0 bridgehead atoms. The number of nitrogens with two attached hydrogens (primary N) is 1. The lowest BCUT2D eigenvalue weighted by Gasteiger charge is -2.13. The average molecular weight is 215 g/mol. The quantitative estimate of drug-likeness (QED) is 0.600. The van der Waals surface area contributed by atoms with Gasteiger partial charge in [-0.1, -0.05) is 17.7 Å². The Bertz CT molecular complexity index is 352. The number of anilines is 2. The molecule has 1 unspecified atom stereocenters. The van der Waals surface area contributed by atoms with Crippen LogP contribution in [0.3, 0.4) is 0 Å². The Morgan fingerprint density at radius 1 is 1.64 bits per heavy atom. The molecule has 0 heterocycles. The molecule has 1 aromatic carbocycles. The summed E-state index contributed by atoms with van der Waals surface area (Å²) in [5, 5.41) is 3.01. The van der Waals surface area contributed by atoms with E-state index in [0.717, 1.165) is 0 Å². The normalized spacial score (nSPS) is 12.2. The second kappa shape index (κ2) is 4.33. The topological polar surface area (TPSA) is 38.0 Å². The van der Waals surface area contributed by atoms with Crippen molar-refractivity contribution in [2.75, 3.05) is 11.1 Å². The van der Waals surface area contributed by atoms with Gasteiger partial charge in [0.1, 0.15) is 5.82 Å². The van der Waals surface area contributed by atoms with Crippen LogP contribution >= 0.6 is 11.6 Å². The summed E-state index contributed by atoms with van der Waals surface area (Å²) in [6, 6.07) is 2.69. The van der Waals surface area contributed by atoms with Crippen LogP contribution in [0.5, 0.6) is 0 Å². The minimum Gasteiger partial charge on any atom is -0.397 e. The molecule has 3 N–H and O–H groups in total. The van der Waals surface area contributed by atoms with Crippen molar-refractivity contribution >= 4 is 23.0 Å². The Morgan fingerprint density at radius 3 is 2.86 bits per heavy atom. The third kappa shape index (κ3) is 2.39. The molecule has 0 aliphatic heterocycles. The molecule has 0 radical (unpaired) electrons. The van der Waals surface area contributed by atoms with Crippen molar-refractivity contribution in [1.29, 1.82) is 0 Å². The fourth-order valence-electron chi connectivity index (χ4n) is 0.991. The molecule has 2 nitrogen and oxygen atoms in total. The standard InChI is InChI=1S/C10H12ClFN2/c1-3-6(2)14-10-5-8(12)7(11)4-9(10)13/h3-6,14H,1,13H2,2H3. The maximum atomic E-state index is 13.1. The van der Waals surface area contributed by atoms with E-state index in [1.165, 1.54) is 12.1 Å². The number of nitrogens with one attached hydrogen (secondary N) is 1. The molecule has 0 aliphatic rings. The van der Waals surface area contributed by atoms with E-state index in [-0.39, 0.29) is 11.1 Å². The van der Waals surface area contributed by atoms with E-state index in [1.807, 2.05) is 6.92 Å². The molecule has 0 saturated carbocycles. The van der Waals surface area contributed by atoms with Crippen LogP contribution in [0.25, 0.3) is 0 Å². The fraction of sp³-hybridized carbons (Fsp3) is 0.200. The fourth-order valence-corrected chi connectivity index (χ4v) is 1.16. The summed E-state index contributed by atoms with van der Waals surface area (Å²) in [5.74, 6) is -0.486. The van der Waals surface area contributed by atoms with E-state index < -0.39 is 5.82 Å². The van der Waals surface area contributed by atoms with Gasteiger partial charge in [0.25, 0.3) is 0 Å².